The molecule has 54 valence electrons. The van der Waals surface area contributed by atoms with Gasteiger partial charge < -0.3 is 5.32 Å². The van der Waals surface area contributed by atoms with E-state index >= 15 is 0 Å². The summed E-state index contributed by atoms with van der Waals surface area (Å²) in [5.41, 5.74) is 0. The van der Waals surface area contributed by atoms with Gasteiger partial charge in [0.15, 0.2) is 0 Å². The molecule has 1 aliphatic heterocycles. The van der Waals surface area contributed by atoms with Gasteiger partial charge in [0.25, 0.3) is 0 Å². The topological polar surface area (TPSA) is 12.0 Å². The standard InChI is InChI=1S/C8H17N/c1-6-4-8(3)9-5-7(6)2/h6-9H,4-5H2,1-3H3/t6-,7+,8-/m0/s1. The summed E-state index contributed by atoms with van der Waals surface area (Å²) < 4.78 is 0. The lowest BCUT2D eigenvalue weighted by atomic mass is 9.86. The third-order valence-corrected chi connectivity index (χ3v) is 2.49. The van der Waals surface area contributed by atoms with Crippen LogP contribution in [0.15, 0.2) is 0 Å². The van der Waals surface area contributed by atoms with Crippen LogP contribution in [-0.2, 0) is 0 Å². The van der Waals surface area contributed by atoms with E-state index in [1.165, 1.54) is 13.0 Å². The minimum Gasteiger partial charge on any atom is -0.314 e. The van der Waals surface area contributed by atoms with Crippen LogP contribution in [0.4, 0.5) is 0 Å². The molecule has 0 spiro atoms. The highest BCUT2D eigenvalue weighted by atomic mass is 14.9. The Kier molecular flexibility index (Phi) is 2.12. The Hall–Kier alpha value is -0.0400. The molecule has 0 bridgehead atoms. The smallest absolute Gasteiger partial charge is 0.00414 e. The normalized spacial score (nSPS) is 45.0. The summed E-state index contributed by atoms with van der Waals surface area (Å²) in [7, 11) is 0. The van der Waals surface area contributed by atoms with E-state index in [0.29, 0.717) is 0 Å². The van der Waals surface area contributed by atoms with Gasteiger partial charge in [-0.25, -0.2) is 0 Å². The monoisotopic (exact) mass is 127 g/mol. The first-order chi connectivity index (χ1) is 4.20. The lowest BCUT2D eigenvalue weighted by molar-refractivity contribution is 0.251. The maximum atomic E-state index is 3.46. The van der Waals surface area contributed by atoms with Crippen molar-refractivity contribution < 1.29 is 0 Å². The first-order valence-electron chi connectivity index (χ1n) is 3.93. The van der Waals surface area contributed by atoms with Crippen molar-refractivity contribution >= 4 is 0 Å². The fraction of sp³-hybridized carbons (Fsp3) is 1.00. The molecule has 1 nitrogen and oxygen atoms in total. The van der Waals surface area contributed by atoms with Gasteiger partial charge in [-0.15, -0.1) is 0 Å². The molecular weight excluding hydrogens is 110 g/mol. The third kappa shape index (κ3) is 1.68. The van der Waals surface area contributed by atoms with E-state index in [4.69, 9.17) is 0 Å². The summed E-state index contributed by atoms with van der Waals surface area (Å²) >= 11 is 0. The molecule has 1 heteroatoms. The van der Waals surface area contributed by atoms with E-state index in [9.17, 15) is 0 Å². The minimum absolute atomic E-state index is 0.746. The SMILES string of the molecule is C[C@@H]1CN[C@@H](C)C[C@@H]1C. The second-order valence-corrected chi connectivity index (χ2v) is 3.50. The first-order valence-corrected chi connectivity index (χ1v) is 3.93. The number of hydrogen-bond donors (Lipinski definition) is 1. The third-order valence-electron chi connectivity index (χ3n) is 2.49. The molecular formula is C8H17N. The van der Waals surface area contributed by atoms with Gasteiger partial charge in [0.1, 0.15) is 0 Å². The molecule has 1 aliphatic rings. The number of hydrogen-bond acceptors (Lipinski definition) is 1. The average Bonchev–Trinajstić information content (AvgIpc) is 1.80. The number of nitrogens with one attached hydrogen (secondary N) is 1. The minimum atomic E-state index is 0.746. The summed E-state index contributed by atoms with van der Waals surface area (Å²) in [6.45, 7) is 8.15. The van der Waals surface area contributed by atoms with E-state index < -0.39 is 0 Å². The molecule has 0 radical (unpaired) electrons. The van der Waals surface area contributed by atoms with Gasteiger partial charge in [-0.2, -0.15) is 0 Å². The fourth-order valence-electron chi connectivity index (χ4n) is 1.46. The van der Waals surface area contributed by atoms with Crippen molar-refractivity contribution in [3.8, 4) is 0 Å². The molecule has 0 saturated carbocycles. The molecule has 0 aliphatic carbocycles. The van der Waals surface area contributed by atoms with Crippen LogP contribution >= 0.6 is 0 Å². The van der Waals surface area contributed by atoms with Crippen LogP contribution < -0.4 is 5.32 Å². The summed E-state index contributed by atoms with van der Waals surface area (Å²) in [4.78, 5) is 0. The molecule has 0 amide bonds. The summed E-state index contributed by atoms with van der Waals surface area (Å²) in [5.74, 6) is 1.79. The largest absolute Gasteiger partial charge is 0.314 e. The highest BCUT2D eigenvalue weighted by molar-refractivity contribution is 4.76. The van der Waals surface area contributed by atoms with E-state index in [1.807, 2.05) is 0 Å². The molecule has 0 aromatic heterocycles. The lowest BCUT2D eigenvalue weighted by Gasteiger charge is -2.30. The Morgan fingerprint density at radius 3 is 2.22 bits per heavy atom. The van der Waals surface area contributed by atoms with Crippen LogP contribution in [0.5, 0.6) is 0 Å². The van der Waals surface area contributed by atoms with E-state index in [0.717, 1.165) is 17.9 Å². The van der Waals surface area contributed by atoms with Crippen molar-refractivity contribution in [1.29, 1.82) is 0 Å². The molecule has 1 fully saturated rings. The van der Waals surface area contributed by atoms with Crippen molar-refractivity contribution in [3.05, 3.63) is 0 Å². The molecule has 0 aromatic rings. The molecule has 1 rings (SSSR count). The van der Waals surface area contributed by atoms with Crippen molar-refractivity contribution in [3.63, 3.8) is 0 Å². The summed E-state index contributed by atoms with van der Waals surface area (Å²) in [6, 6.07) is 0.746. The zero-order chi connectivity index (χ0) is 6.85. The second kappa shape index (κ2) is 2.70. The van der Waals surface area contributed by atoms with Gasteiger partial charge in [-0.05, 0) is 31.7 Å². The Morgan fingerprint density at radius 1 is 1.11 bits per heavy atom. The molecule has 3 atom stereocenters. The number of rotatable bonds is 0. The van der Waals surface area contributed by atoms with Crippen LogP contribution in [0.3, 0.4) is 0 Å². The Bertz CT molecular complexity index is 90.6. The van der Waals surface area contributed by atoms with Gasteiger partial charge in [0.05, 0.1) is 0 Å². The molecule has 0 aromatic carbocycles. The van der Waals surface area contributed by atoms with Gasteiger partial charge in [0.2, 0.25) is 0 Å². The lowest BCUT2D eigenvalue weighted by Crippen LogP contribution is -2.40. The Balaban J connectivity index is 2.35. The van der Waals surface area contributed by atoms with Gasteiger partial charge in [-0.1, -0.05) is 13.8 Å². The van der Waals surface area contributed by atoms with Crippen LogP contribution in [0.1, 0.15) is 27.2 Å². The summed E-state index contributed by atoms with van der Waals surface area (Å²) in [5, 5.41) is 3.46. The maximum Gasteiger partial charge on any atom is 0.00414 e. The van der Waals surface area contributed by atoms with Crippen LogP contribution in [0.2, 0.25) is 0 Å². The molecule has 1 saturated heterocycles. The highest BCUT2D eigenvalue weighted by Gasteiger charge is 2.20. The van der Waals surface area contributed by atoms with Crippen molar-refractivity contribution in [2.24, 2.45) is 11.8 Å². The van der Waals surface area contributed by atoms with Crippen LogP contribution in [-0.4, -0.2) is 12.6 Å². The fourth-order valence-corrected chi connectivity index (χ4v) is 1.46. The van der Waals surface area contributed by atoms with Gasteiger partial charge in [-0.3, -0.25) is 0 Å². The Labute approximate surface area is 57.8 Å². The first kappa shape index (κ1) is 7.07. The van der Waals surface area contributed by atoms with Gasteiger partial charge >= 0.3 is 0 Å². The van der Waals surface area contributed by atoms with Crippen molar-refractivity contribution in [2.45, 2.75) is 33.2 Å². The molecule has 9 heavy (non-hydrogen) atoms. The predicted molar refractivity (Wildman–Crippen MR) is 40.4 cm³/mol. The summed E-state index contributed by atoms with van der Waals surface area (Å²) in [6.07, 6.45) is 1.35. The zero-order valence-electron chi connectivity index (χ0n) is 6.65. The predicted octanol–water partition coefficient (Wildman–Crippen LogP) is 1.64. The molecule has 1 N–H and O–H groups in total. The highest BCUT2D eigenvalue weighted by Crippen LogP contribution is 2.20. The van der Waals surface area contributed by atoms with Crippen molar-refractivity contribution in [1.82, 2.24) is 5.32 Å². The molecule has 1 heterocycles. The van der Waals surface area contributed by atoms with Crippen molar-refractivity contribution in [2.75, 3.05) is 6.54 Å². The van der Waals surface area contributed by atoms with E-state index in [2.05, 4.69) is 26.1 Å². The van der Waals surface area contributed by atoms with Crippen LogP contribution in [0.25, 0.3) is 0 Å². The van der Waals surface area contributed by atoms with Gasteiger partial charge in [0, 0.05) is 6.04 Å². The molecule has 0 unspecified atom stereocenters. The zero-order valence-corrected chi connectivity index (χ0v) is 6.65. The average molecular weight is 127 g/mol. The van der Waals surface area contributed by atoms with E-state index in [1.54, 1.807) is 0 Å². The second-order valence-electron chi connectivity index (χ2n) is 3.50. The van der Waals surface area contributed by atoms with Crippen LogP contribution in [0, 0.1) is 11.8 Å². The van der Waals surface area contributed by atoms with E-state index in [-0.39, 0.29) is 0 Å². The number of piperidine rings is 1. The maximum absolute atomic E-state index is 3.46. The quantitative estimate of drug-likeness (QED) is 0.521. The Morgan fingerprint density at radius 2 is 1.78 bits per heavy atom.